The number of carbonyl (C=O) groups excluding carboxylic acids is 2. The van der Waals surface area contributed by atoms with Crippen molar-refractivity contribution in [3.8, 4) is 0 Å². The quantitative estimate of drug-likeness (QED) is 0.481. The molecule has 0 aliphatic carbocycles. The zero-order chi connectivity index (χ0) is 21.4. The lowest BCUT2D eigenvalue weighted by Gasteiger charge is -2.23. The summed E-state index contributed by atoms with van der Waals surface area (Å²) >= 11 is 0. The Morgan fingerprint density at radius 2 is 1.48 bits per heavy atom. The van der Waals surface area contributed by atoms with Crippen molar-refractivity contribution in [2.45, 2.75) is 18.6 Å². The van der Waals surface area contributed by atoms with Crippen LogP contribution in [0.15, 0.2) is 97.1 Å². The second-order valence-electron chi connectivity index (χ2n) is 7.88. The average Bonchev–Trinajstić information content (AvgIpc) is 3.01. The fourth-order valence-corrected chi connectivity index (χ4v) is 4.40. The van der Waals surface area contributed by atoms with E-state index in [2.05, 4.69) is 0 Å². The van der Waals surface area contributed by atoms with Crippen LogP contribution in [0.25, 0.3) is 10.8 Å². The molecule has 152 valence electrons. The summed E-state index contributed by atoms with van der Waals surface area (Å²) in [6, 6.07) is 29.9. The van der Waals surface area contributed by atoms with E-state index in [9.17, 15) is 14.7 Å². The topological polar surface area (TPSA) is 57.6 Å². The first-order valence-corrected chi connectivity index (χ1v) is 10.3. The zero-order valence-electron chi connectivity index (χ0n) is 16.9. The van der Waals surface area contributed by atoms with E-state index < -0.39 is 11.5 Å². The summed E-state index contributed by atoms with van der Waals surface area (Å²) in [5, 5.41) is 13.3. The third-order valence-corrected chi connectivity index (χ3v) is 5.93. The van der Waals surface area contributed by atoms with Crippen LogP contribution < -0.4 is 4.90 Å². The molecule has 0 fully saturated rings. The largest absolute Gasteiger partial charge is 0.375 e. The lowest BCUT2D eigenvalue weighted by molar-refractivity contribution is -0.136. The molecule has 4 aromatic rings. The minimum absolute atomic E-state index is 0.260. The summed E-state index contributed by atoms with van der Waals surface area (Å²) in [6.45, 7) is 0.335. The van der Waals surface area contributed by atoms with E-state index in [1.54, 1.807) is 23.1 Å². The molecular weight excluding hydrogens is 386 g/mol. The first-order chi connectivity index (χ1) is 15.1. The van der Waals surface area contributed by atoms with Crippen molar-refractivity contribution in [2.24, 2.45) is 0 Å². The molecule has 1 aliphatic rings. The predicted octanol–water partition coefficient (Wildman–Crippen LogP) is 4.85. The van der Waals surface area contributed by atoms with Gasteiger partial charge in [0.25, 0.3) is 5.91 Å². The number of Topliss-reactive ketones (excluding diaryl/α,β-unsaturated/α-hetero) is 1. The van der Waals surface area contributed by atoms with Gasteiger partial charge in [0.15, 0.2) is 11.4 Å². The van der Waals surface area contributed by atoms with E-state index >= 15 is 0 Å². The molecule has 0 aromatic heterocycles. The molecule has 0 bridgehead atoms. The molecule has 5 rings (SSSR count). The molecular formula is C27H21NO3. The molecule has 1 N–H and O–H groups in total. The van der Waals surface area contributed by atoms with Crippen molar-refractivity contribution in [2.75, 3.05) is 4.90 Å². The van der Waals surface area contributed by atoms with Crippen molar-refractivity contribution in [3.05, 3.63) is 114 Å². The average molecular weight is 407 g/mol. The molecule has 4 aromatic carbocycles. The number of anilines is 1. The van der Waals surface area contributed by atoms with Crippen LogP contribution in [0.3, 0.4) is 0 Å². The second-order valence-corrected chi connectivity index (χ2v) is 7.88. The number of amides is 1. The monoisotopic (exact) mass is 407 g/mol. The van der Waals surface area contributed by atoms with Gasteiger partial charge in [-0.25, -0.2) is 0 Å². The molecule has 4 heteroatoms. The van der Waals surface area contributed by atoms with Crippen molar-refractivity contribution in [1.82, 2.24) is 0 Å². The number of aliphatic hydroxyl groups is 1. The Morgan fingerprint density at radius 3 is 2.32 bits per heavy atom. The molecule has 1 heterocycles. The minimum atomic E-state index is -1.89. The highest BCUT2D eigenvalue weighted by molar-refractivity contribution is 6.13. The van der Waals surface area contributed by atoms with Crippen molar-refractivity contribution < 1.29 is 14.7 Å². The van der Waals surface area contributed by atoms with E-state index in [1.165, 1.54) is 0 Å². The van der Waals surface area contributed by atoms with Gasteiger partial charge in [-0.3, -0.25) is 9.59 Å². The number of para-hydroxylation sites is 1. The van der Waals surface area contributed by atoms with Gasteiger partial charge in [0, 0.05) is 11.1 Å². The number of benzene rings is 4. The van der Waals surface area contributed by atoms with Gasteiger partial charge >= 0.3 is 0 Å². The number of fused-ring (bicyclic) bond motifs is 2. The number of carbonyl (C=O) groups is 2. The summed E-state index contributed by atoms with van der Waals surface area (Å²) < 4.78 is 0. The molecule has 0 saturated carbocycles. The molecule has 1 atom stereocenters. The molecule has 0 saturated heterocycles. The number of hydrogen-bond acceptors (Lipinski definition) is 3. The van der Waals surface area contributed by atoms with Crippen molar-refractivity contribution in [3.63, 3.8) is 0 Å². The summed E-state index contributed by atoms with van der Waals surface area (Å²) in [7, 11) is 0. The molecule has 4 nitrogen and oxygen atoms in total. The summed E-state index contributed by atoms with van der Waals surface area (Å²) in [6.07, 6.45) is -0.303. The minimum Gasteiger partial charge on any atom is -0.375 e. The molecule has 31 heavy (non-hydrogen) atoms. The predicted molar refractivity (Wildman–Crippen MR) is 121 cm³/mol. The Balaban J connectivity index is 1.52. The van der Waals surface area contributed by atoms with Gasteiger partial charge in [0.05, 0.1) is 18.7 Å². The third-order valence-electron chi connectivity index (χ3n) is 5.93. The van der Waals surface area contributed by atoms with E-state index in [0.717, 1.165) is 16.3 Å². The fourth-order valence-electron chi connectivity index (χ4n) is 4.40. The maximum atomic E-state index is 13.4. The van der Waals surface area contributed by atoms with E-state index in [-0.39, 0.29) is 12.2 Å². The maximum Gasteiger partial charge on any atom is 0.264 e. The zero-order valence-corrected chi connectivity index (χ0v) is 16.9. The van der Waals surface area contributed by atoms with Gasteiger partial charge in [-0.1, -0.05) is 91.0 Å². The van der Waals surface area contributed by atoms with Gasteiger partial charge in [0.2, 0.25) is 0 Å². The highest BCUT2D eigenvalue weighted by atomic mass is 16.3. The van der Waals surface area contributed by atoms with Crippen LogP contribution in [-0.4, -0.2) is 16.8 Å². The lowest BCUT2D eigenvalue weighted by atomic mass is 9.87. The number of rotatable bonds is 5. The van der Waals surface area contributed by atoms with Crippen LogP contribution in [0.1, 0.15) is 27.9 Å². The van der Waals surface area contributed by atoms with Crippen LogP contribution in [-0.2, 0) is 16.9 Å². The van der Waals surface area contributed by atoms with Gasteiger partial charge in [-0.05, 0) is 22.4 Å². The van der Waals surface area contributed by atoms with Crippen LogP contribution in [0.5, 0.6) is 0 Å². The fraction of sp³-hybridized carbons (Fsp3) is 0.111. The van der Waals surface area contributed by atoms with Crippen LogP contribution >= 0.6 is 0 Å². The molecule has 0 radical (unpaired) electrons. The van der Waals surface area contributed by atoms with Crippen LogP contribution in [0.4, 0.5) is 5.69 Å². The summed E-state index contributed by atoms with van der Waals surface area (Å²) in [5.74, 6) is -0.727. The smallest absolute Gasteiger partial charge is 0.264 e. The lowest BCUT2D eigenvalue weighted by Crippen LogP contribution is -2.41. The maximum absolute atomic E-state index is 13.4. The van der Waals surface area contributed by atoms with Gasteiger partial charge in [-0.15, -0.1) is 0 Å². The summed E-state index contributed by atoms with van der Waals surface area (Å²) in [5.41, 5.74) is 0.696. The molecule has 1 amide bonds. The van der Waals surface area contributed by atoms with E-state index in [4.69, 9.17) is 0 Å². The molecule has 0 unspecified atom stereocenters. The normalized spacial score (nSPS) is 17.7. The standard InChI is InChI=1S/C27H21NO3/c29-25(22-14-8-12-20-11-4-5-13-21(20)22)17-27(31)23-15-6-7-16-24(23)28(26(27)30)18-19-9-2-1-3-10-19/h1-16,31H,17-18H2/t27-/m0/s1. The van der Waals surface area contributed by atoms with E-state index in [1.807, 2.05) is 78.9 Å². The summed E-state index contributed by atoms with van der Waals surface area (Å²) in [4.78, 5) is 28.3. The van der Waals surface area contributed by atoms with Crippen LogP contribution in [0.2, 0.25) is 0 Å². The third kappa shape index (κ3) is 3.22. The molecule has 1 aliphatic heterocycles. The second kappa shape index (κ2) is 7.49. The Kier molecular flexibility index (Phi) is 4.64. The van der Waals surface area contributed by atoms with Gasteiger partial charge in [-0.2, -0.15) is 0 Å². The first kappa shape index (κ1) is 19.2. The Bertz CT molecular complexity index is 1290. The molecule has 0 spiro atoms. The van der Waals surface area contributed by atoms with Gasteiger partial charge < -0.3 is 10.0 Å². The van der Waals surface area contributed by atoms with Crippen molar-refractivity contribution >= 4 is 28.2 Å². The Hall–Kier alpha value is -3.76. The van der Waals surface area contributed by atoms with Crippen molar-refractivity contribution in [1.29, 1.82) is 0 Å². The SMILES string of the molecule is O=C(C[C@@]1(O)C(=O)N(Cc2ccccc2)c2ccccc21)c1cccc2ccccc12. The van der Waals surface area contributed by atoms with Crippen LogP contribution in [0, 0.1) is 0 Å². The number of nitrogens with zero attached hydrogens (tertiary/aromatic N) is 1. The first-order valence-electron chi connectivity index (χ1n) is 10.3. The van der Waals surface area contributed by atoms with E-state index in [0.29, 0.717) is 23.4 Å². The number of hydrogen-bond donors (Lipinski definition) is 1. The highest BCUT2D eigenvalue weighted by Gasteiger charge is 2.50. The Labute approximate surface area is 180 Å². The van der Waals surface area contributed by atoms with Gasteiger partial charge in [0.1, 0.15) is 0 Å². The highest BCUT2D eigenvalue weighted by Crippen LogP contribution is 2.43. The Morgan fingerprint density at radius 1 is 0.806 bits per heavy atom. The number of ketones is 1.